The molecule has 0 radical (unpaired) electrons. The molecule has 0 amide bonds. The molecule has 3 heteroatoms. The summed E-state index contributed by atoms with van der Waals surface area (Å²) in [7, 11) is 4.24. The van der Waals surface area contributed by atoms with E-state index in [9.17, 15) is 5.11 Å². The van der Waals surface area contributed by atoms with E-state index in [-0.39, 0.29) is 11.7 Å². The molecule has 154 valence electrons. The first-order valence-electron chi connectivity index (χ1n) is 11.0. The van der Waals surface area contributed by atoms with E-state index < -0.39 is 0 Å². The predicted octanol–water partition coefficient (Wildman–Crippen LogP) is 6.49. The zero-order valence-corrected chi connectivity index (χ0v) is 17.9. The lowest BCUT2D eigenvalue weighted by Gasteiger charge is -2.32. The predicted molar refractivity (Wildman–Crippen MR) is 110 cm³/mol. The molecule has 0 aromatic carbocycles. The Bertz CT molecular complexity index is 254. The Morgan fingerprint density at radius 3 is 1.16 bits per heavy atom. The quantitative estimate of drug-likeness (QED) is 0.173. The fourth-order valence-corrected chi connectivity index (χ4v) is 3.25. The second-order valence-corrected chi connectivity index (χ2v) is 8.44. The summed E-state index contributed by atoms with van der Waals surface area (Å²) >= 11 is 0. The Hall–Kier alpha value is -0.120. The van der Waals surface area contributed by atoms with Crippen LogP contribution in [0.25, 0.3) is 0 Å². The normalized spacial score (nSPS) is 12.8. The minimum Gasteiger partial charge on any atom is -0.870 e. The van der Waals surface area contributed by atoms with E-state index in [1.54, 1.807) is 0 Å². The number of hydrogen-bond acceptors (Lipinski definition) is 2. The van der Waals surface area contributed by atoms with Gasteiger partial charge in [-0.3, -0.25) is 0 Å². The average molecular weight is 360 g/mol. The van der Waals surface area contributed by atoms with E-state index in [1.165, 1.54) is 103 Å². The van der Waals surface area contributed by atoms with Gasteiger partial charge >= 0.3 is 0 Å². The maximum absolute atomic E-state index is 9.68. The highest BCUT2D eigenvalue weighted by molar-refractivity contribution is 4.50. The number of unbranched alkanes of at least 4 members (excludes halogenated alkanes) is 15. The van der Waals surface area contributed by atoms with Crippen LogP contribution in [0.3, 0.4) is 0 Å². The van der Waals surface area contributed by atoms with Crippen LogP contribution in [-0.4, -0.2) is 41.9 Å². The molecule has 25 heavy (non-hydrogen) atoms. The molecule has 0 aliphatic carbocycles. The van der Waals surface area contributed by atoms with Crippen molar-refractivity contribution in [3.8, 4) is 0 Å². The summed E-state index contributed by atoms with van der Waals surface area (Å²) < 4.78 is 0.735. The van der Waals surface area contributed by atoms with Crippen molar-refractivity contribution < 1.29 is 15.1 Å². The van der Waals surface area contributed by atoms with Gasteiger partial charge in [-0.2, -0.15) is 0 Å². The average Bonchev–Trinajstić information content (AvgIpc) is 2.54. The van der Waals surface area contributed by atoms with Crippen molar-refractivity contribution in [3.05, 3.63) is 0 Å². The lowest BCUT2D eigenvalue weighted by Crippen LogP contribution is -2.47. The molecular weight excluding hydrogens is 310 g/mol. The smallest absolute Gasteiger partial charge is 0.187 e. The molecule has 0 rings (SSSR count). The second-order valence-electron chi connectivity index (χ2n) is 8.44. The molecule has 0 heterocycles. The Labute approximate surface area is 159 Å². The molecule has 0 aromatic heterocycles. The molecule has 1 atom stereocenters. The number of quaternary nitrogens is 1. The van der Waals surface area contributed by atoms with Gasteiger partial charge in [-0.05, 0) is 12.8 Å². The van der Waals surface area contributed by atoms with Crippen molar-refractivity contribution in [2.75, 3.05) is 20.6 Å². The molecule has 0 aromatic rings. The lowest BCUT2D eigenvalue weighted by molar-refractivity contribution is -0.934. The summed E-state index contributed by atoms with van der Waals surface area (Å²) in [6, 6.07) is 0. The van der Waals surface area contributed by atoms with Crippen LogP contribution in [0.15, 0.2) is 0 Å². The van der Waals surface area contributed by atoms with Gasteiger partial charge in [-0.1, -0.05) is 96.8 Å². The first-order chi connectivity index (χ1) is 11.5. The highest BCUT2D eigenvalue weighted by atomic mass is 16.3. The maximum Gasteiger partial charge on any atom is 0.187 e. The van der Waals surface area contributed by atoms with Crippen LogP contribution in [0.5, 0.6) is 0 Å². The van der Waals surface area contributed by atoms with Crippen molar-refractivity contribution in [3.63, 3.8) is 0 Å². The highest BCUT2D eigenvalue weighted by Gasteiger charge is 2.20. The van der Waals surface area contributed by atoms with E-state index in [0.29, 0.717) is 0 Å². The molecule has 0 aliphatic rings. The highest BCUT2D eigenvalue weighted by Crippen LogP contribution is 2.14. The minimum atomic E-state index is -0.249. The standard InChI is InChI=1S/C22H48NO.H2O/c1-5-6-7-8-9-10-11-12-13-14-15-16-17-18-19-20-21-23(3,4)22(2)24;/h22,24H,5-21H2,1-4H3;1H2/q+1;/p-1. The molecule has 1 unspecified atom stereocenters. The zero-order valence-electron chi connectivity index (χ0n) is 17.9. The van der Waals surface area contributed by atoms with Crippen molar-refractivity contribution >= 4 is 0 Å². The van der Waals surface area contributed by atoms with Crippen molar-refractivity contribution in [1.29, 1.82) is 0 Å². The van der Waals surface area contributed by atoms with Gasteiger partial charge in [0.2, 0.25) is 0 Å². The molecule has 2 N–H and O–H groups in total. The monoisotopic (exact) mass is 359 g/mol. The van der Waals surface area contributed by atoms with E-state index in [0.717, 1.165) is 11.0 Å². The Kier molecular flexibility index (Phi) is 20.2. The molecule has 3 nitrogen and oxygen atoms in total. The number of aliphatic hydroxyl groups excluding tert-OH is 1. The van der Waals surface area contributed by atoms with Gasteiger partial charge in [-0.25, -0.2) is 0 Å². The van der Waals surface area contributed by atoms with Crippen LogP contribution in [0.2, 0.25) is 0 Å². The van der Waals surface area contributed by atoms with Crippen molar-refractivity contribution in [1.82, 2.24) is 0 Å². The van der Waals surface area contributed by atoms with Crippen molar-refractivity contribution in [2.45, 2.75) is 123 Å². The number of rotatable bonds is 18. The first-order valence-corrected chi connectivity index (χ1v) is 11.0. The third-order valence-electron chi connectivity index (χ3n) is 5.60. The van der Waals surface area contributed by atoms with E-state index in [4.69, 9.17) is 0 Å². The van der Waals surface area contributed by atoms with E-state index in [1.807, 2.05) is 6.92 Å². The lowest BCUT2D eigenvalue weighted by atomic mass is 10.0. The van der Waals surface area contributed by atoms with Gasteiger partial charge in [0.15, 0.2) is 6.23 Å². The maximum atomic E-state index is 9.68. The summed E-state index contributed by atoms with van der Waals surface area (Å²) in [5.41, 5.74) is 0. The van der Waals surface area contributed by atoms with Crippen LogP contribution in [0, 0.1) is 0 Å². The Morgan fingerprint density at radius 2 is 0.880 bits per heavy atom. The van der Waals surface area contributed by atoms with Gasteiger partial charge in [0.05, 0.1) is 20.6 Å². The van der Waals surface area contributed by atoms with Crippen LogP contribution in [0.1, 0.15) is 117 Å². The zero-order chi connectivity index (χ0) is 18.1. The fourth-order valence-electron chi connectivity index (χ4n) is 3.25. The van der Waals surface area contributed by atoms with Crippen LogP contribution in [-0.2, 0) is 0 Å². The molecule has 0 saturated carbocycles. The molecule has 0 bridgehead atoms. The van der Waals surface area contributed by atoms with E-state index in [2.05, 4.69) is 21.0 Å². The molecular formula is C22H49NO2. The Morgan fingerprint density at radius 1 is 0.600 bits per heavy atom. The molecule has 0 spiro atoms. The summed E-state index contributed by atoms with van der Waals surface area (Å²) in [5.74, 6) is 0. The third-order valence-corrected chi connectivity index (χ3v) is 5.60. The minimum absolute atomic E-state index is 0. The number of nitrogens with zero attached hydrogens (tertiary/aromatic N) is 1. The van der Waals surface area contributed by atoms with Gasteiger partial charge in [-0.15, -0.1) is 0 Å². The summed E-state index contributed by atoms with van der Waals surface area (Å²) in [6.07, 6.45) is 22.4. The Balaban J connectivity index is 0. The van der Waals surface area contributed by atoms with Gasteiger partial charge in [0.25, 0.3) is 0 Å². The molecule has 0 saturated heterocycles. The summed E-state index contributed by atoms with van der Waals surface area (Å²) in [5, 5.41) is 9.68. The number of aliphatic hydroxyl groups is 1. The van der Waals surface area contributed by atoms with Gasteiger partial charge < -0.3 is 15.1 Å². The topological polar surface area (TPSA) is 50.2 Å². The second kappa shape index (κ2) is 18.7. The van der Waals surface area contributed by atoms with Crippen LogP contribution >= 0.6 is 0 Å². The van der Waals surface area contributed by atoms with Crippen molar-refractivity contribution in [2.24, 2.45) is 0 Å². The number of hydrogen-bond donors (Lipinski definition) is 1. The molecule has 0 aliphatic heterocycles. The first kappa shape index (κ1) is 27.1. The van der Waals surface area contributed by atoms with Crippen LogP contribution in [0.4, 0.5) is 0 Å². The van der Waals surface area contributed by atoms with Gasteiger partial charge in [0, 0.05) is 6.92 Å². The summed E-state index contributed by atoms with van der Waals surface area (Å²) in [6.45, 7) is 5.28. The van der Waals surface area contributed by atoms with Gasteiger partial charge in [0.1, 0.15) is 0 Å². The summed E-state index contributed by atoms with van der Waals surface area (Å²) in [4.78, 5) is 0. The largest absolute Gasteiger partial charge is 0.870 e. The van der Waals surface area contributed by atoms with Crippen LogP contribution < -0.4 is 0 Å². The van der Waals surface area contributed by atoms with E-state index >= 15 is 0 Å². The third kappa shape index (κ3) is 18.5. The molecule has 0 fully saturated rings. The SMILES string of the molecule is CCCCCCCCCCCCCCCCCC[N+](C)(C)C(C)O.[OH-]. The fraction of sp³-hybridized carbons (Fsp3) is 1.00.